The minimum atomic E-state index is -4.34. The van der Waals surface area contributed by atoms with Gasteiger partial charge < -0.3 is 9.80 Å². The number of carbonyl (C=O) groups is 1. The van der Waals surface area contributed by atoms with Crippen LogP contribution in [0, 0.1) is 5.92 Å². The van der Waals surface area contributed by atoms with E-state index in [2.05, 4.69) is 0 Å². The molecule has 25 heavy (non-hydrogen) atoms. The van der Waals surface area contributed by atoms with Gasteiger partial charge >= 0.3 is 6.18 Å². The molecule has 0 saturated carbocycles. The predicted molar refractivity (Wildman–Crippen MR) is 91.5 cm³/mol. The Balaban J connectivity index is 1.91. The lowest BCUT2D eigenvalue weighted by atomic mass is 10.1. The van der Waals surface area contributed by atoms with Crippen LogP contribution in [0.15, 0.2) is 48.5 Å². The molecule has 2 aromatic carbocycles. The number of alkyl halides is 3. The van der Waals surface area contributed by atoms with Crippen molar-refractivity contribution in [1.82, 2.24) is 0 Å². The summed E-state index contributed by atoms with van der Waals surface area (Å²) in [7, 11) is 1.75. The molecule has 0 aliphatic carbocycles. The zero-order chi connectivity index (χ0) is 18.2. The Kier molecular flexibility index (Phi) is 4.45. The SMILES string of the molecule is CC1CN(Cc2ccc(C(F)(F)F)cc2)c2ccccc2N(C)C1=O. The molecule has 0 bridgehead atoms. The van der Waals surface area contributed by atoms with Crippen LogP contribution in [0.3, 0.4) is 0 Å². The summed E-state index contributed by atoms with van der Waals surface area (Å²) in [6.45, 7) is 2.83. The quantitative estimate of drug-likeness (QED) is 0.807. The maximum absolute atomic E-state index is 12.7. The van der Waals surface area contributed by atoms with Crippen LogP contribution in [0.25, 0.3) is 0 Å². The lowest BCUT2D eigenvalue weighted by Crippen LogP contribution is -2.34. The number of carbonyl (C=O) groups excluding carboxylic acids is 1. The summed E-state index contributed by atoms with van der Waals surface area (Å²) >= 11 is 0. The van der Waals surface area contributed by atoms with Crippen LogP contribution in [0.5, 0.6) is 0 Å². The molecule has 1 amide bonds. The van der Waals surface area contributed by atoms with E-state index in [0.29, 0.717) is 13.1 Å². The van der Waals surface area contributed by atoms with E-state index in [9.17, 15) is 18.0 Å². The lowest BCUT2D eigenvalue weighted by molar-refractivity contribution is -0.137. The smallest absolute Gasteiger partial charge is 0.365 e. The molecule has 0 aromatic heterocycles. The molecule has 0 radical (unpaired) electrons. The number of benzene rings is 2. The zero-order valence-corrected chi connectivity index (χ0v) is 14.0. The number of hydrogen-bond acceptors (Lipinski definition) is 2. The minimum Gasteiger partial charge on any atom is -0.365 e. The summed E-state index contributed by atoms with van der Waals surface area (Å²) in [5, 5.41) is 0. The minimum absolute atomic E-state index is 0.0300. The van der Waals surface area contributed by atoms with Crippen LogP contribution in [0.2, 0.25) is 0 Å². The summed E-state index contributed by atoms with van der Waals surface area (Å²) in [5.41, 5.74) is 1.83. The van der Waals surface area contributed by atoms with E-state index < -0.39 is 11.7 Å². The van der Waals surface area contributed by atoms with Gasteiger partial charge in [0.15, 0.2) is 0 Å². The fourth-order valence-electron chi connectivity index (χ4n) is 3.14. The van der Waals surface area contributed by atoms with E-state index in [1.807, 2.05) is 36.1 Å². The first-order valence-corrected chi connectivity index (χ1v) is 8.05. The number of fused-ring (bicyclic) bond motifs is 1. The van der Waals surface area contributed by atoms with Crippen molar-refractivity contribution in [1.29, 1.82) is 0 Å². The van der Waals surface area contributed by atoms with Gasteiger partial charge in [0.2, 0.25) is 5.91 Å². The van der Waals surface area contributed by atoms with Gasteiger partial charge in [-0.1, -0.05) is 31.2 Å². The van der Waals surface area contributed by atoms with Gasteiger partial charge in [0.05, 0.1) is 22.9 Å². The second kappa shape index (κ2) is 6.43. The first kappa shape index (κ1) is 17.3. The van der Waals surface area contributed by atoms with Gasteiger partial charge in [-0.05, 0) is 29.8 Å². The van der Waals surface area contributed by atoms with Crippen molar-refractivity contribution in [3.63, 3.8) is 0 Å². The van der Waals surface area contributed by atoms with Crippen LogP contribution in [-0.4, -0.2) is 19.5 Å². The fourth-order valence-corrected chi connectivity index (χ4v) is 3.14. The Morgan fingerprint density at radius 2 is 1.64 bits per heavy atom. The predicted octanol–water partition coefficient (Wildman–Crippen LogP) is 4.32. The van der Waals surface area contributed by atoms with Gasteiger partial charge in [-0.3, -0.25) is 4.79 Å². The molecule has 1 unspecified atom stereocenters. The lowest BCUT2D eigenvalue weighted by Gasteiger charge is -2.26. The van der Waals surface area contributed by atoms with Gasteiger partial charge in [-0.25, -0.2) is 0 Å². The van der Waals surface area contributed by atoms with Crippen LogP contribution >= 0.6 is 0 Å². The van der Waals surface area contributed by atoms with Crippen molar-refractivity contribution in [2.45, 2.75) is 19.6 Å². The van der Waals surface area contributed by atoms with E-state index in [0.717, 1.165) is 29.1 Å². The molecule has 1 aliphatic heterocycles. The molecular weight excluding hydrogens is 329 g/mol. The Morgan fingerprint density at radius 1 is 1.04 bits per heavy atom. The second-order valence-electron chi connectivity index (χ2n) is 6.36. The molecule has 0 N–H and O–H groups in total. The third-order valence-electron chi connectivity index (χ3n) is 4.48. The molecule has 2 aromatic rings. The Bertz CT molecular complexity index is 771. The number of rotatable bonds is 2. The van der Waals surface area contributed by atoms with Crippen molar-refractivity contribution in [3.05, 3.63) is 59.7 Å². The molecular formula is C19H19F3N2O. The molecule has 0 spiro atoms. The van der Waals surface area contributed by atoms with Gasteiger partial charge in [0.25, 0.3) is 0 Å². The number of halogens is 3. The van der Waals surface area contributed by atoms with E-state index in [-0.39, 0.29) is 11.8 Å². The van der Waals surface area contributed by atoms with Crippen molar-refractivity contribution in [2.24, 2.45) is 5.92 Å². The van der Waals surface area contributed by atoms with Crippen LogP contribution in [0.1, 0.15) is 18.1 Å². The number of nitrogens with zero attached hydrogens (tertiary/aromatic N) is 2. The molecule has 3 nitrogen and oxygen atoms in total. The van der Waals surface area contributed by atoms with Crippen molar-refractivity contribution >= 4 is 17.3 Å². The van der Waals surface area contributed by atoms with Gasteiger partial charge in [-0.2, -0.15) is 13.2 Å². The third-order valence-corrected chi connectivity index (χ3v) is 4.48. The van der Waals surface area contributed by atoms with E-state index >= 15 is 0 Å². The zero-order valence-electron chi connectivity index (χ0n) is 14.0. The first-order chi connectivity index (χ1) is 11.8. The molecule has 1 heterocycles. The number of hydrogen-bond donors (Lipinski definition) is 0. The van der Waals surface area contributed by atoms with Gasteiger partial charge in [-0.15, -0.1) is 0 Å². The van der Waals surface area contributed by atoms with Crippen molar-refractivity contribution in [2.75, 3.05) is 23.4 Å². The monoisotopic (exact) mass is 348 g/mol. The Hall–Kier alpha value is -2.50. The second-order valence-corrected chi connectivity index (χ2v) is 6.36. The number of anilines is 2. The average molecular weight is 348 g/mol. The van der Waals surface area contributed by atoms with Crippen LogP contribution in [-0.2, 0) is 17.5 Å². The van der Waals surface area contributed by atoms with E-state index in [1.165, 1.54) is 12.1 Å². The van der Waals surface area contributed by atoms with Gasteiger partial charge in [0, 0.05) is 20.1 Å². The number of amides is 1. The highest BCUT2D eigenvalue weighted by atomic mass is 19.4. The maximum Gasteiger partial charge on any atom is 0.416 e. The highest BCUT2D eigenvalue weighted by Gasteiger charge is 2.31. The summed E-state index contributed by atoms with van der Waals surface area (Å²) in [4.78, 5) is 16.1. The van der Waals surface area contributed by atoms with Crippen LogP contribution in [0.4, 0.5) is 24.5 Å². The normalized spacial score (nSPS) is 18.1. The molecule has 1 aliphatic rings. The molecule has 0 saturated heterocycles. The summed E-state index contributed by atoms with van der Waals surface area (Å²) in [6, 6.07) is 12.8. The molecule has 132 valence electrons. The highest BCUT2D eigenvalue weighted by Crippen LogP contribution is 2.34. The first-order valence-electron chi connectivity index (χ1n) is 8.05. The summed E-state index contributed by atoms with van der Waals surface area (Å²) in [5.74, 6) is -0.172. The highest BCUT2D eigenvalue weighted by molar-refractivity contribution is 5.99. The Morgan fingerprint density at radius 3 is 2.24 bits per heavy atom. The van der Waals surface area contributed by atoms with E-state index in [4.69, 9.17) is 0 Å². The molecule has 1 atom stereocenters. The largest absolute Gasteiger partial charge is 0.416 e. The van der Waals surface area contributed by atoms with Crippen molar-refractivity contribution in [3.8, 4) is 0 Å². The number of para-hydroxylation sites is 2. The Labute approximate surface area is 144 Å². The van der Waals surface area contributed by atoms with Gasteiger partial charge in [0.1, 0.15) is 0 Å². The van der Waals surface area contributed by atoms with Crippen molar-refractivity contribution < 1.29 is 18.0 Å². The third kappa shape index (κ3) is 3.48. The fraction of sp³-hybridized carbons (Fsp3) is 0.316. The topological polar surface area (TPSA) is 23.6 Å². The molecule has 6 heteroatoms. The van der Waals surface area contributed by atoms with E-state index in [1.54, 1.807) is 11.9 Å². The summed E-state index contributed by atoms with van der Waals surface area (Å²) < 4.78 is 38.1. The molecule has 3 rings (SSSR count). The molecule has 0 fully saturated rings. The average Bonchev–Trinajstić information content (AvgIpc) is 2.67. The maximum atomic E-state index is 12.7. The standard InChI is InChI=1S/C19H19F3N2O/c1-13-11-24(12-14-7-9-15(10-8-14)19(20,21)22)17-6-4-3-5-16(17)23(2)18(13)25/h3-10,13H,11-12H2,1-2H3. The summed E-state index contributed by atoms with van der Waals surface area (Å²) in [6.07, 6.45) is -4.34. The van der Waals surface area contributed by atoms with Crippen LogP contribution < -0.4 is 9.80 Å².